The van der Waals surface area contributed by atoms with Gasteiger partial charge in [-0.3, -0.25) is 4.79 Å². The van der Waals surface area contributed by atoms with Crippen LogP contribution in [0.5, 0.6) is 0 Å². The molecule has 1 N–H and O–H groups in total. The van der Waals surface area contributed by atoms with Crippen molar-refractivity contribution in [1.29, 1.82) is 0 Å². The fourth-order valence-electron chi connectivity index (χ4n) is 2.63. The average molecular weight is 269 g/mol. The summed E-state index contributed by atoms with van der Waals surface area (Å²) < 4.78 is 0. The minimum absolute atomic E-state index is 0.224. The molecule has 1 amide bonds. The molecule has 1 aliphatic heterocycles. The molecule has 19 heavy (non-hydrogen) atoms. The van der Waals surface area contributed by atoms with E-state index in [1.54, 1.807) is 0 Å². The molecular formula is C16H31NO2. The van der Waals surface area contributed by atoms with Gasteiger partial charge in [-0.2, -0.15) is 0 Å². The largest absolute Gasteiger partial charge is 0.396 e. The van der Waals surface area contributed by atoms with Gasteiger partial charge in [0.05, 0.1) is 0 Å². The summed E-state index contributed by atoms with van der Waals surface area (Å²) in [5, 5.41) is 8.90. The number of rotatable bonds is 11. The molecule has 0 aromatic heterocycles. The number of hydrogen-bond acceptors (Lipinski definition) is 2. The summed E-state index contributed by atoms with van der Waals surface area (Å²) in [6.07, 6.45) is 12.3. The van der Waals surface area contributed by atoms with Gasteiger partial charge in [-0.15, -0.1) is 0 Å². The molecular weight excluding hydrogens is 238 g/mol. The van der Waals surface area contributed by atoms with E-state index < -0.39 is 0 Å². The lowest BCUT2D eigenvalue weighted by Gasteiger charge is -2.38. The quantitative estimate of drug-likeness (QED) is 0.584. The standard InChI is InChI=1S/C16H31NO2/c1-2-3-4-5-6-7-8-9-10-11-16(19)17-12-15(13-17)14-18/h15,18H,2-14H2,1H3. The van der Waals surface area contributed by atoms with Crippen molar-refractivity contribution in [2.24, 2.45) is 5.92 Å². The van der Waals surface area contributed by atoms with Crippen molar-refractivity contribution in [1.82, 2.24) is 4.90 Å². The first-order valence-corrected chi connectivity index (χ1v) is 8.16. The lowest BCUT2D eigenvalue weighted by Crippen LogP contribution is -2.51. The Morgan fingerprint density at radius 1 is 1.00 bits per heavy atom. The fraction of sp³-hybridized carbons (Fsp3) is 0.938. The van der Waals surface area contributed by atoms with Gasteiger partial charge in [0.15, 0.2) is 0 Å². The van der Waals surface area contributed by atoms with E-state index in [1.807, 2.05) is 4.90 Å². The van der Waals surface area contributed by atoms with Crippen LogP contribution in [0, 0.1) is 5.92 Å². The van der Waals surface area contributed by atoms with Gasteiger partial charge in [0.25, 0.3) is 0 Å². The molecule has 3 heteroatoms. The van der Waals surface area contributed by atoms with E-state index >= 15 is 0 Å². The van der Waals surface area contributed by atoms with Crippen LogP contribution in [0.3, 0.4) is 0 Å². The zero-order valence-electron chi connectivity index (χ0n) is 12.6. The average Bonchev–Trinajstić information content (AvgIpc) is 2.35. The summed E-state index contributed by atoms with van der Waals surface area (Å²) in [5.74, 6) is 0.625. The number of amides is 1. The van der Waals surface area contributed by atoms with Crippen molar-refractivity contribution >= 4 is 5.91 Å². The second-order valence-electron chi connectivity index (χ2n) is 5.93. The lowest BCUT2D eigenvalue weighted by molar-refractivity contribution is -0.138. The highest BCUT2D eigenvalue weighted by molar-refractivity contribution is 5.76. The van der Waals surface area contributed by atoms with E-state index in [0.717, 1.165) is 19.5 Å². The van der Waals surface area contributed by atoms with Gasteiger partial charge in [0.2, 0.25) is 5.91 Å². The van der Waals surface area contributed by atoms with Crippen molar-refractivity contribution in [2.45, 2.75) is 71.1 Å². The minimum atomic E-state index is 0.224. The molecule has 112 valence electrons. The van der Waals surface area contributed by atoms with Crippen LogP contribution >= 0.6 is 0 Å². The smallest absolute Gasteiger partial charge is 0.222 e. The molecule has 3 nitrogen and oxygen atoms in total. The Morgan fingerprint density at radius 2 is 1.53 bits per heavy atom. The van der Waals surface area contributed by atoms with Gasteiger partial charge in [0.1, 0.15) is 0 Å². The molecule has 0 radical (unpaired) electrons. The molecule has 0 unspecified atom stereocenters. The highest BCUT2D eigenvalue weighted by Gasteiger charge is 2.29. The molecule has 0 aromatic carbocycles. The van der Waals surface area contributed by atoms with Crippen molar-refractivity contribution in [2.75, 3.05) is 19.7 Å². The molecule has 1 heterocycles. The third-order valence-electron chi connectivity index (χ3n) is 4.06. The van der Waals surface area contributed by atoms with Crippen LogP contribution < -0.4 is 0 Å². The van der Waals surface area contributed by atoms with Crippen molar-refractivity contribution in [3.63, 3.8) is 0 Å². The molecule has 0 aliphatic carbocycles. The predicted octanol–water partition coefficient (Wildman–Crippen LogP) is 3.36. The molecule has 0 spiro atoms. The molecule has 1 saturated heterocycles. The first kappa shape index (κ1) is 16.5. The first-order chi connectivity index (χ1) is 9.27. The van der Waals surface area contributed by atoms with E-state index in [-0.39, 0.29) is 12.5 Å². The number of carbonyl (C=O) groups excluding carboxylic acids is 1. The number of unbranched alkanes of at least 4 members (excludes halogenated alkanes) is 8. The second kappa shape index (κ2) is 10.2. The first-order valence-electron chi connectivity index (χ1n) is 8.16. The van der Waals surface area contributed by atoms with Crippen molar-refractivity contribution in [3.05, 3.63) is 0 Å². The third kappa shape index (κ3) is 6.95. The van der Waals surface area contributed by atoms with Crippen LogP contribution in [0.4, 0.5) is 0 Å². The number of carbonyl (C=O) groups is 1. The molecule has 1 rings (SSSR count). The SMILES string of the molecule is CCCCCCCCCCCC(=O)N1CC(CO)C1. The summed E-state index contributed by atoms with van der Waals surface area (Å²) in [5.41, 5.74) is 0. The van der Waals surface area contributed by atoms with Crippen LogP contribution in [-0.4, -0.2) is 35.6 Å². The van der Waals surface area contributed by atoms with Gasteiger partial charge in [-0.25, -0.2) is 0 Å². The zero-order valence-corrected chi connectivity index (χ0v) is 12.6. The molecule has 1 fully saturated rings. The van der Waals surface area contributed by atoms with Crippen LogP contribution in [0.15, 0.2) is 0 Å². The molecule has 1 aliphatic rings. The van der Waals surface area contributed by atoms with E-state index in [2.05, 4.69) is 6.92 Å². The summed E-state index contributed by atoms with van der Waals surface area (Å²) in [6, 6.07) is 0. The minimum Gasteiger partial charge on any atom is -0.396 e. The van der Waals surface area contributed by atoms with Crippen LogP contribution in [0.1, 0.15) is 71.1 Å². The second-order valence-corrected chi connectivity index (χ2v) is 5.93. The van der Waals surface area contributed by atoms with Crippen LogP contribution in [0.25, 0.3) is 0 Å². The van der Waals surface area contributed by atoms with E-state index in [4.69, 9.17) is 5.11 Å². The van der Waals surface area contributed by atoms with Crippen molar-refractivity contribution < 1.29 is 9.90 Å². The highest BCUT2D eigenvalue weighted by Crippen LogP contribution is 2.17. The Labute approximate surface area is 118 Å². The summed E-state index contributed by atoms with van der Waals surface area (Å²) in [4.78, 5) is 13.6. The molecule has 0 aromatic rings. The summed E-state index contributed by atoms with van der Waals surface area (Å²) >= 11 is 0. The zero-order chi connectivity index (χ0) is 13.9. The number of nitrogens with zero attached hydrogens (tertiary/aromatic N) is 1. The number of aliphatic hydroxyl groups is 1. The number of likely N-dealkylation sites (tertiary alicyclic amines) is 1. The van der Waals surface area contributed by atoms with E-state index in [0.29, 0.717) is 12.3 Å². The van der Waals surface area contributed by atoms with Crippen molar-refractivity contribution in [3.8, 4) is 0 Å². The van der Waals surface area contributed by atoms with E-state index in [9.17, 15) is 4.79 Å². The van der Waals surface area contributed by atoms with Crippen LogP contribution in [0.2, 0.25) is 0 Å². The van der Waals surface area contributed by atoms with Gasteiger partial charge in [0, 0.05) is 32.0 Å². The van der Waals surface area contributed by atoms with Gasteiger partial charge >= 0.3 is 0 Å². The Morgan fingerprint density at radius 3 is 2.05 bits per heavy atom. The fourth-order valence-corrected chi connectivity index (χ4v) is 2.63. The maximum Gasteiger partial charge on any atom is 0.222 e. The highest BCUT2D eigenvalue weighted by atomic mass is 16.3. The summed E-state index contributed by atoms with van der Waals surface area (Å²) in [7, 11) is 0. The molecule has 0 atom stereocenters. The topological polar surface area (TPSA) is 40.5 Å². The lowest BCUT2D eigenvalue weighted by atomic mass is 10.00. The van der Waals surface area contributed by atoms with Gasteiger partial charge in [-0.1, -0.05) is 58.3 Å². The van der Waals surface area contributed by atoms with E-state index in [1.165, 1.54) is 51.4 Å². The maximum atomic E-state index is 11.7. The monoisotopic (exact) mass is 269 g/mol. The predicted molar refractivity (Wildman–Crippen MR) is 79.0 cm³/mol. The van der Waals surface area contributed by atoms with Gasteiger partial charge in [-0.05, 0) is 6.42 Å². The molecule has 0 saturated carbocycles. The third-order valence-corrected chi connectivity index (χ3v) is 4.06. The summed E-state index contributed by atoms with van der Waals surface area (Å²) in [6.45, 7) is 4.01. The number of hydrogen-bond donors (Lipinski definition) is 1. The normalized spacial score (nSPS) is 15.6. The molecule has 0 bridgehead atoms. The van der Waals surface area contributed by atoms with Crippen LogP contribution in [-0.2, 0) is 4.79 Å². The number of aliphatic hydroxyl groups excluding tert-OH is 1. The Hall–Kier alpha value is -0.570. The Kier molecular flexibility index (Phi) is 8.89. The van der Waals surface area contributed by atoms with Gasteiger partial charge < -0.3 is 10.0 Å². The Bertz CT molecular complexity index is 237. The maximum absolute atomic E-state index is 11.7. The Balaban J connectivity index is 1.82.